The Hall–Kier alpha value is -2.02. The van der Waals surface area contributed by atoms with Gasteiger partial charge < -0.3 is 14.8 Å². The molecule has 0 atom stereocenters. The summed E-state index contributed by atoms with van der Waals surface area (Å²) < 4.78 is 11.6. The lowest BCUT2D eigenvalue weighted by Crippen LogP contribution is -2.12. The molecule has 0 saturated heterocycles. The zero-order valence-corrected chi connectivity index (χ0v) is 15.4. The Kier molecular flexibility index (Phi) is 6.04. The van der Waals surface area contributed by atoms with Crippen LogP contribution in [0.1, 0.15) is 12.5 Å². The Balaban J connectivity index is 2.15. The molecule has 0 spiro atoms. The molecule has 0 saturated carbocycles. The lowest BCUT2D eigenvalue weighted by molar-refractivity contribution is -0.112. The van der Waals surface area contributed by atoms with E-state index in [4.69, 9.17) is 9.47 Å². The molecule has 0 aromatic heterocycles. The van der Waals surface area contributed by atoms with E-state index in [2.05, 4.69) is 27.9 Å². The van der Waals surface area contributed by atoms with Crippen molar-refractivity contribution in [1.82, 2.24) is 0 Å². The van der Waals surface area contributed by atoms with Crippen molar-refractivity contribution >= 4 is 40.3 Å². The fraction of sp³-hybridized carbons (Fsp3) is 0.167. The second kappa shape index (κ2) is 8.01. The third-order valence-electron chi connectivity index (χ3n) is 3.25. The molecule has 5 heteroatoms. The maximum atomic E-state index is 12.2. The third-order valence-corrected chi connectivity index (χ3v) is 3.97. The minimum absolute atomic E-state index is 0.138. The van der Waals surface area contributed by atoms with Gasteiger partial charge in [-0.2, -0.15) is 0 Å². The number of rotatable bonds is 5. The summed E-state index contributed by atoms with van der Waals surface area (Å²) in [5.74, 6) is 1.15. The molecule has 0 aliphatic heterocycles. The lowest BCUT2D eigenvalue weighted by Gasteiger charge is -2.09. The lowest BCUT2D eigenvalue weighted by atomic mass is 10.1. The number of benzene rings is 2. The smallest absolute Gasteiger partial charge is 0.251 e. The molecule has 120 valence electrons. The van der Waals surface area contributed by atoms with E-state index in [0.717, 1.165) is 14.8 Å². The van der Waals surface area contributed by atoms with Crippen LogP contribution >= 0.6 is 22.6 Å². The van der Waals surface area contributed by atoms with Gasteiger partial charge in [0.05, 0.1) is 14.2 Å². The molecule has 2 aromatic carbocycles. The normalized spacial score (nSPS) is 11.0. The Bertz CT molecular complexity index is 724. The van der Waals surface area contributed by atoms with E-state index in [9.17, 15) is 4.79 Å². The maximum absolute atomic E-state index is 12.2. The monoisotopic (exact) mass is 423 g/mol. The zero-order valence-electron chi connectivity index (χ0n) is 13.2. The van der Waals surface area contributed by atoms with E-state index in [1.54, 1.807) is 21.1 Å². The number of anilines is 1. The first-order chi connectivity index (χ1) is 11.0. The third kappa shape index (κ3) is 4.72. The molecule has 4 nitrogen and oxygen atoms in total. The summed E-state index contributed by atoms with van der Waals surface area (Å²) in [6.45, 7) is 1.78. The Labute approximate surface area is 149 Å². The number of hydrogen-bond donors (Lipinski definition) is 1. The van der Waals surface area contributed by atoms with Crippen LogP contribution in [-0.2, 0) is 4.79 Å². The predicted molar refractivity (Wildman–Crippen MR) is 101 cm³/mol. The van der Waals surface area contributed by atoms with Gasteiger partial charge in [0.15, 0.2) is 11.5 Å². The van der Waals surface area contributed by atoms with Gasteiger partial charge in [-0.05, 0) is 77.6 Å². The summed E-state index contributed by atoms with van der Waals surface area (Å²) in [5, 5.41) is 2.87. The molecule has 2 rings (SSSR count). The number of carbonyl (C=O) groups excluding carboxylic acids is 1. The largest absolute Gasteiger partial charge is 0.493 e. The molecular weight excluding hydrogens is 405 g/mol. The quantitative estimate of drug-likeness (QED) is 0.575. The highest BCUT2D eigenvalue weighted by molar-refractivity contribution is 14.1. The summed E-state index contributed by atoms with van der Waals surface area (Å²) in [6.07, 6.45) is 1.81. The van der Waals surface area contributed by atoms with E-state index < -0.39 is 0 Å². The molecule has 1 amide bonds. The summed E-state index contributed by atoms with van der Waals surface area (Å²) in [4.78, 5) is 12.2. The summed E-state index contributed by atoms with van der Waals surface area (Å²) in [7, 11) is 3.18. The molecule has 0 bridgehead atoms. The summed E-state index contributed by atoms with van der Waals surface area (Å²) in [5.41, 5.74) is 2.25. The molecule has 0 aliphatic carbocycles. The number of halogens is 1. The van der Waals surface area contributed by atoms with Crippen molar-refractivity contribution in [2.45, 2.75) is 6.92 Å². The second-order valence-corrected chi connectivity index (χ2v) is 6.15. The number of carbonyl (C=O) groups is 1. The number of methoxy groups -OCH3 is 2. The predicted octanol–water partition coefficient (Wildman–Crippen LogP) is 4.35. The minimum Gasteiger partial charge on any atom is -0.493 e. The molecule has 2 aromatic rings. The highest BCUT2D eigenvalue weighted by Crippen LogP contribution is 2.28. The van der Waals surface area contributed by atoms with Crippen molar-refractivity contribution < 1.29 is 14.3 Å². The Morgan fingerprint density at radius 3 is 2.30 bits per heavy atom. The summed E-state index contributed by atoms with van der Waals surface area (Å²) in [6, 6.07) is 13.2. The molecule has 0 heterocycles. The van der Waals surface area contributed by atoms with Crippen molar-refractivity contribution in [2.24, 2.45) is 0 Å². The van der Waals surface area contributed by atoms with Crippen molar-refractivity contribution in [3.8, 4) is 11.5 Å². The average molecular weight is 423 g/mol. The van der Waals surface area contributed by atoms with Crippen LogP contribution in [-0.4, -0.2) is 20.1 Å². The number of amides is 1. The Morgan fingerprint density at radius 2 is 1.70 bits per heavy atom. The first-order valence-electron chi connectivity index (χ1n) is 7.00. The average Bonchev–Trinajstić information content (AvgIpc) is 2.56. The molecule has 0 fully saturated rings. The van der Waals surface area contributed by atoms with Gasteiger partial charge in [0.1, 0.15) is 0 Å². The number of hydrogen-bond acceptors (Lipinski definition) is 3. The highest BCUT2D eigenvalue weighted by atomic mass is 127. The van der Waals surface area contributed by atoms with Gasteiger partial charge in [-0.1, -0.05) is 6.07 Å². The van der Waals surface area contributed by atoms with Crippen LogP contribution in [0, 0.1) is 3.57 Å². The topological polar surface area (TPSA) is 47.6 Å². The Morgan fingerprint density at radius 1 is 1.04 bits per heavy atom. The van der Waals surface area contributed by atoms with Crippen LogP contribution in [0.15, 0.2) is 48.0 Å². The summed E-state index contributed by atoms with van der Waals surface area (Å²) >= 11 is 2.22. The second-order valence-electron chi connectivity index (χ2n) is 4.90. The fourth-order valence-electron chi connectivity index (χ4n) is 2.02. The van der Waals surface area contributed by atoms with E-state index in [1.165, 1.54) is 0 Å². The van der Waals surface area contributed by atoms with Gasteiger partial charge in [0.2, 0.25) is 0 Å². The van der Waals surface area contributed by atoms with Gasteiger partial charge in [-0.3, -0.25) is 4.79 Å². The van der Waals surface area contributed by atoms with Crippen LogP contribution in [0.5, 0.6) is 11.5 Å². The SMILES string of the molecule is COc1ccc(/C=C(\C)C(=O)Nc2ccc(I)cc2)cc1OC. The van der Waals surface area contributed by atoms with Gasteiger partial charge in [-0.25, -0.2) is 0 Å². The number of nitrogens with one attached hydrogen (secondary N) is 1. The molecule has 0 radical (unpaired) electrons. The van der Waals surface area contributed by atoms with Crippen molar-refractivity contribution in [1.29, 1.82) is 0 Å². The van der Waals surface area contributed by atoms with Gasteiger partial charge >= 0.3 is 0 Å². The maximum Gasteiger partial charge on any atom is 0.251 e. The molecule has 0 unspecified atom stereocenters. The first kappa shape index (κ1) is 17.3. The standard InChI is InChI=1S/C18H18INO3/c1-12(18(21)20-15-7-5-14(19)6-8-15)10-13-4-9-16(22-2)17(11-13)23-3/h4-11H,1-3H3,(H,20,21)/b12-10+. The van der Waals surface area contributed by atoms with Crippen LogP contribution in [0.2, 0.25) is 0 Å². The van der Waals surface area contributed by atoms with E-state index >= 15 is 0 Å². The van der Waals surface area contributed by atoms with Gasteiger partial charge in [0, 0.05) is 14.8 Å². The molecular formula is C18H18INO3. The molecule has 0 aliphatic rings. The van der Waals surface area contributed by atoms with Gasteiger partial charge in [0.25, 0.3) is 5.91 Å². The van der Waals surface area contributed by atoms with Crippen molar-refractivity contribution in [3.05, 3.63) is 57.2 Å². The molecule has 1 N–H and O–H groups in total. The van der Waals surface area contributed by atoms with E-state index in [1.807, 2.05) is 48.5 Å². The first-order valence-corrected chi connectivity index (χ1v) is 8.08. The van der Waals surface area contributed by atoms with E-state index in [0.29, 0.717) is 17.1 Å². The highest BCUT2D eigenvalue weighted by Gasteiger charge is 2.07. The van der Waals surface area contributed by atoms with Crippen molar-refractivity contribution in [2.75, 3.05) is 19.5 Å². The zero-order chi connectivity index (χ0) is 16.8. The van der Waals surface area contributed by atoms with Crippen LogP contribution < -0.4 is 14.8 Å². The fourth-order valence-corrected chi connectivity index (χ4v) is 2.38. The van der Waals surface area contributed by atoms with Crippen LogP contribution in [0.3, 0.4) is 0 Å². The van der Waals surface area contributed by atoms with Gasteiger partial charge in [-0.15, -0.1) is 0 Å². The van der Waals surface area contributed by atoms with E-state index in [-0.39, 0.29) is 5.91 Å². The minimum atomic E-state index is -0.138. The van der Waals surface area contributed by atoms with Crippen LogP contribution in [0.25, 0.3) is 6.08 Å². The van der Waals surface area contributed by atoms with Crippen LogP contribution in [0.4, 0.5) is 5.69 Å². The number of ether oxygens (including phenoxy) is 2. The van der Waals surface area contributed by atoms with Crippen molar-refractivity contribution in [3.63, 3.8) is 0 Å². The molecule has 23 heavy (non-hydrogen) atoms.